The fourth-order valence-electron chi connectivity index (χ4n) is 6.02. The van der Waals surface area contributed by atoms with E-state index in [0.717, 1.165) is 17.8 Å². The van der Waals surface area contributed by atoms with Crippen molar-refractivity contribution in [2.75, 3.05) is 0 Å². The van der Waals surface area contributed by atoms with E-state index in [1.807, 2.05) is 0 Å². The molecule has 0 radical (unpaired) electrons. The number of hydrogen-bond acceptors (Lipinski definition) is 0. The molecule has 0 saturated heterocycles. The maximum atomic E-state index is 2.56. The minimum Gasteiger partial charge on any atom is -0.0625 e. The van der Waals surface area contributed by atoms with Crippen LogP contribution >= 0.6 is 0 Å². The zero-order valence-electron chi connectivity index (χ0n) is 11.6. The third-order valence-electron chi connectivity index (χ3n) is 6.35. The van der Waals surface area contributed by atoms with Crippen LogP contribution in [0.2, 0.25) is 0 Å². The van der Waals surface area contributed by atoms with E-state index in [1.165, 1.54) is 12.8 Å². The first-order chi connectivity index (χ1) is 6.65. The van der Waals surface area contributed by atoms with E-state index >= 15 is 0 Å². The topological polar surface area (TPSA) is 0 Å². The molecule has 0 aromatic carbocycles. The minimum absolute atomic E-state index is 0.546. The van der Waals surface area contributed by atoms with E-state index in [2.05, 4.69) is 48.5 Å². The van der Waals surface area contributed by atoms with Crippen molar-refractivity contribution in [3.05, 3.63) is 0 Å². The zero-order chi connectivity index (χ0) is 11.6. The normalized spacial score (nSPS) is 46.4. The van der Waals surface area contributed by atoms with Gasteiger partial charge in [0.25, 0.3) is 0 Å². The molecule has 2 aliphatic carbocycles. The van der Waals surface area contributed by atoms with Gasteiger partial charge < -0.3 is 0 Å². The van der Waals surface area contributed by atoms with Crippen molar-refractivity contribution in [2.24, 2.45) is 34.0 Å². The standard InChI is InChI=1S/C15H28/c1-10(2)12-13(3,4)11-8-9-15(12,7)14(11,5)6/h10-12H,8-9H2,1-7H3. The van der Waals surface area contributed by atoms with Crippen molar-refractivity contribution in [2.45, 2.75) is 61.3 Å². The third kappa shape index (κ3) is 1.09. The molecule has 0 aromatic rings. The van der Waals surface area contributed by atoms with Gasteiger partial charge in [-0.1, -0.05) is 48.5 Å². The summed E-state index contributed by atoms with van der Waals surface area (Å²) < 4.78 is 0. The lowest BCUT2D eigenvalue weighted by atomic mass is 9.59. The van der Waals surface area contributed by atoms with Gasteiger partial charge in [-0.3, -0.25) is 0 Å². The van der Waals surface area contributed by atoms with Crippen LogP contribution in [0, 0.1) is 34.0 Å². The summed E-state index contributed by atoms with van der Waals surface area (Å²) in [5.74, 6) is 2.66. The molecule has 0 nitrogen and oxygen atoms in total. The van der Waals surface area contributed by atoms with Crippen LogP contribution in [-0.2, 0) is 0 Å². The van der Waals surface area contributed by atoms with Crippen LogP contribution in [0.5, 0.6) is 0 Å². The predicted molar refractivity (Wildman–Crippen MR) is 66.7 cm³/mol. The van der Waals surface area contributed by atoms with Crippen LogP contribution in [0.25, 0.3) is 0 Å². The number of rotatable bonds is 1. The number of hydrogen-bond donors (Lipinski definition) is 0. The van der Waals surface area contributed by atoms with Crippen molar-refractivity contribution < 1.29 is 0 Å². The monoisotopic (exact) mass is 208 g/mol. The molecule has 0 heteroatoms. The Morgan fingerprint density at radius 3 is 1.80 bits per heavy atom. The van der Waals surface area contributed by atoms with E-state index in [-0.39, 0.29) is 0 Å². The Bertz CT molecular complexity index is 272. The SMILES string of the molecule is CC(C)C1C(C)(C)C2CCC1(C)C2(C)C. The highest BCUT2D eigenvalue weighted by Crippen LogP contribution is 2.75. The summed E-state index contributed by atoms with van der Waals surface area (Å²) in [6.45, 7) is 17.5. The molecule has 2 bridgehead atoms. The van der Waals surface area contributed by atoms with Gasteiger partial charge in [-0.15, -0.1) is 0 Å². The first-order valence-corrected chi connectivity index (χ1v) is 6.65. The molecule has 0 amide bonds. The van der Waals surface area contributed by atoms with Gasteiger partial charge >= 0.3 is 0 Å². The Kier molecular flexibility index (Phi) is 2.15. The fourth-order valence-corrected chi connectivity index (χ4v) is 6.02. The maximum Gasteiger partial charge on any atom is -0.0236 e. The molecule has 0 aliphatic heterocycles. The largest absolute Gasteiger partial charge is 0.0625 e. The molecule has 2 saturated carbocycles. The van der Waals surface area contributed by atoms with E-state index in [0.29, 0.717) is 16.2 Å². The van der Waals surface area contributed by atoms with Crippen molar-refractivity contribution in [3.8, 4) is 0 Å². The Morgan fingerprint density at radius 1 is 1.00 bits per heavy atom. The summed E-state index contributed by atoms with van der Waals surface area (Å²) in [6, 6.07) is 0. The van der Waals surface area contributed by atoms with Gasteiger partial charge in [-0.25, -0.2) is 0 Å². The van der Waals surface area contributed by atoms with Crippen LogP contribution < -0.4 is 0 Å². The van der Waals surface area contributed by atoms with Gasteiger partial charge in [0.2, 0.25) is 0 Å². The van der Waals surface area contributed by atoms with E-state index in [1.54, 1.807) is 0 Å². The zero-order valence-corrected chi connectivity index (χ0v) is 11.6. The molecule has 2 rings (SSSR count). The Labute approximate surface area is 95.8 Å². The minimum atomic E-state index is 0.546. The summed E-state index contributed by atoms with van der Waals surface area (Å²) in [6.07, 6.45) is 2.91. The van der Waals surface area contributed by atoms with Gasteiger partial charge in [-0.05, 0) is 46.8 Å². The van der Waals surface area contributed by atoms with Gasteiger partial charge in [0.05, 0.1) is 0 Å². The van der Waals surface area contributed by atoms with Gasteiger partial charge in [0, 0.05) is 0 Å². The molecule has 0 spiro atoms. The van der Waals surface area contributed by atoms with Crippen LogP contribution in [-0.4, -0.2) is 0 Å². The number of fused-ring (bicyclic) bond motifs is 2. The summed E-state index contributed by atoms with van der Waals surface area (Å²) in [7, 11) is 0. The molecule has 0 aromatic heterocycles. The Morgan fingerprint density at radius 2 is 1.53 bits per heavy atom. The van der Waals surface area contributed by atoms with Crippen LogP contribution in [0.3, 0.4) is 0 Å². The van der Waals surface area contributed by atoms with E-state index in [4.69, 9.17) is 0 Å². The maximum absolute atomic E-state index is 2.56. The lowest BCUT2D eigenvalue weighted by molar-refractivity contribution is 0.0265. The highest BCUT2D eigenvalue weighted by atomic mass is 14.7. The first-order valence-electron chi connectivity index (χ1n) is 6.65. The molecule has 3 unspecified atom stereocenters. The molecule has 0 heterocycles. The van der Waals surface area contributed by atoms with Crippen molar-refractivity contribution in [3.63, 3.8) is 0 Å². The quantitative estimate of drug-likeness (QED) is 0.584. The lowest BCUT2D eigenvalue weighted by Gasteiger charge is -2.46. The average molecular weight is 208 g/mol. The van der Waals surface area contributed by atoms with Gasteiger partial charge in [0.15, 0.2) is 0 Å². The molecular weight excluding hydrogens is 180 g/mol. The summed E-state index contributed by atoms with van der Waals surface area (Å²) in [4.78, 5) is 0. The van der Waals surface area contributed by atoms with Crippen LogP contribution in [0.4, 0.5) is 0 Å². The molecule has 2 fully saturated rings. The molecule has 0 N–H and O–H groups in total. The van der Waals surface area contributed by atoms with Crippen molar-refractivity contribution >= 4 is 0 Å². The van der Waals surface area contributed by atoms with Crippen molar-refractivity contribution in [1.82, 2.24) is 0 Å². The highest BCUT2D eigenvalue weighted by molar-refractivity contribution is 5.17. The second kappa shape index (κ2) is 2.81. The fraction of sp³-hybridized carbons (Fsp3) is 1.00. The predicted octanol–water partition coefficient (Wildman–Crippen LogP) is 4.74. The molecule has 2 aliphatic rings. The molecule has 88 valence electrons. The summed E-state index contributed by atoms with van der Waals surface area (Å²) >= 11 is 0. The molecular formula is C15H28. The van der Waals surface area contributed by atoms with Gasteiger partial charge in [0.1, 0.15) is 0 Å². The van der Waals surface area contributed by atoms with E-state index < -0.39 is 0 Å². The second-order valence-electron chi connectivity index (χ2n) is 7.77. The molecule has 3 atom stereocenters. The first kappa shape index (κ1) is 11.5. The second-order valence-corrected chi connectivity index (χ2v) is 7.77. The summed E-state index contributed by atoms with van der Waals surface area (Å²) in [5, 5.41) is 0. The summed E-state index contributed by atoms with van der Waals surface area (Å²) in [5.41, 5.74) is 1.67. The van der Waals surface area contributed by atoms with Crippen molar-refractivity contribution in [1.29, 1.82) is 0 Å². The average Bonchev–Trinajstić information content (AvgIpc) is 2.26. The Balaban J connectivity index is 2.51. The third-order valence-corrected chi connectivity index (χ3v) is 6.35. The van der Waals surface area contributed by atoms with E-state index in [9.17, 15) is 0 Å². The highest BCUT2D eigenvalue weighted by Gasteiger charge is 2.69. The smallest absolute Gasteiger partial charge is 0.0236 e. The van der Waals surface area contributed by atoms with Crippen LogP contribution in [0.15, 0.2) is 0 Å². The molecule has 15 heavy (non-hydrogen) atoms. The lowest BCUT2D eigenvalue weighted by Crippen LogP contribution is -2.39. The van der Waals surface area contributed by atoms with Gasteiger partial charge in [-0.2, -0.15) is 0 Å². The van der Waals surface area contributed by atoms with Crippen LogP contribution in [0.1, 0.15) is 61.3 Å². The Hall–Kier alpha value is 0.